The molecule has 2 unspecified atom stereocenters. The van der Waals surface area contributed by atoms with Crippen LogP contribution >= 0.6 is 7.82 Å². The molecule has 0 fully saturated rings. The summed E-state index contributed by atoms with van der Waals surface area (Å²) in [5, 5.41) is 0. The van der Waals surface area contributed by atoms with Crippen LogP contribution in [0.2, 0.25) is 0 Å². The number of carbonyl (C=O) groups is 2. The molecule has 0 saturated heterocycles. The van der Waals surface area contributed by atoms with E-state index in [1.165, 1.54) is 308 Å². The number of unbranched alkanes of at least 4 members (excludes halogenated alkanes) is 51. The van der Waals surface area contributed by atoms with E-state index in [9.17, 15) is 19.0 Å². The third-order valence-electron chi connectivity index (χ3n) is 17.2. The second-order valence-corrected chi connectivity index (χ2v) is 28.4. The molecule has 0 heterocycles. The fourth-order valence-corrected chi connectivity index (χ4v) is 12.1. The molecule has 0 amide bonds. The maximum Gasteiger partial charge on any atom is 0.306 e. The highest BCUT2D eigenvalue weighted by Gasteiger charge is 2.22. The summed E-state index contributed by atoms with van der Waals surface area (Å²) >= 11 is 0. The van der Waals surface area contributed by atoms with Crippen LogP contribution in [-0.2, 0) is 32.7 Å². The van der Waals surface area contributed by atoms with Gasteiger partial charge in [-0.05, 0) is 51.4 Å². The Balaban J connectivity index is 3.91. The molecule has 2 atom stereocenters. The minimum Gasteiger partial charge on any atom is -0.756 e. The Morgan fingerprint density at radius 2 is 0.628 bits per heavy atom. The van der Waals surface area contributed by atoms with Gasteiger partial charge in [-0.25, -0.2) is 0 Å². The number of hydrogen-bond acceptors (Lipinski definition) is 8. The lowest BCUT2D eigenvalue weighted by atomic mass is 10.0. The second kappa shape index (κ2) is 67.6. The normalized spacial score (nSPS) is 13.2. The molecule has 0 aliphatic heterocycles. The molecule has 508 valence electrons. The minimum atomic E-state index is -4.64. The average molecular weight is 1230 g/mol. The SMILES string of the molecule is CCCCCCC/C=C\C/C=C\C/C=C\CCCCCCCCCCCCCCCCCCCCCCCCCCC(=O)OC(COC(=O)CCCCCCCCCCCCCCCCCCCCCCCCC)COP(=O)([O-])OCC[N+](C)(C)C. The molecule has 9 nitrogen and oxygen atoms in total. The number of esters is 2. The van der Waals surface area contributed by atoms with Gasteiger partial charge in [0.05, 0.1) is 27.7 Å². The number of nitrogens with zero attached hydrogens (tertiary/aromatic N) is 1. The van der Waals surface area contributed by atoms with Gasteiger partial charge in [-0.1, -0.05) is 359 Å². The molecule has 0 saturated carbocycles. The van der Waals surface area contributed by atoms with Crippen molar-refractivity contribution in [3.8, 4) is 0 Å². The number of phosphoric acid groups is 1. The van der Waals surface area contributed by atoms with E-state index in [4.69, 9.17) is 18.5 Å². The van der Waals surface area contributed by atoms with Crippen molar-refractivity contribution in [2.45, 2.75) is 392 Å². The van der Waals surface area contributed by atoms with Gasteiger partial charge >= 0.3 is 11.9 Å². The molecule has 86 heavy (non-hydrogen) atoms. The van der Waals surface area contributed by atoms with Crippen molar-refractivity contribution in [1.29, 1.82) is 0 Å². The van der Waals surface area contributed by atoms with E-state index in [2.05, 4.69) is 50.3 Å². The zero-order chi connectivity index (χ0) is 62.6. The van der Waals surface area contributed by atoms with Crippen LogP contribution in [0.5, 0.6) is 0 Å². The van der Waals surface area contributed by atoms with Gasteiger partial charge in [0, 0.05) is 12.8 Å². The van der Waals surface area contributed by atoms with Crippen LogP contribution in [0, 0.1) is 0 Å². The van der Waals surface area contributed by atoms with Gasteiger partial charge in [0.2, 0.25) is 0 Å². The number of likely N-dealkylation sites (N-methyl/N-ethyl adjacent to an activating group) is 1. The van der Waals surface area contributed by atoms with Gasteiger partial charge in [-0.2, -0.15) is 0 Å². The molecule has 0 aliphatic carbocycles. The molecule has 0 radical (unpaired) electrons. The molecule has 0 aromatic rings. The summed E-state index contributed by atoms with van der Waals surface area (Å²) in [4.78, 5) is 38.1. The third-order valence-corrected chi connectivity index (χ3v) is 18.1. The third kappa shape index (κ3) is 71.3. The zero-order valence-corrected chi connectivity index (χ0v) is 58.9. The fraction of sp³-hybridized carbons (Fsp3) is 0.895. The topological polar surface area (TPSA) is 111 Å². The maximum absolute atomic E-state index is 12.9. The number of ether oxygens (including phenoxy) is 2. The smallest absolute Gasteiger partial charge is 0.306 e. The lowest BCUT2D eigenvalue weighted by molar-refractivity contribution is -0.870. The number of hydrogen-bond donors (Lipinski definition) is 0. The Labute approximate surface area is 535 Å². The molecule has 0 aromatic heterocycles. The van der Waals surface area contributed by atoms with Gasteiger partial charge < -0.3 is 27.9 Å². The number of carbonyl (C=O) groups excluding carboxylic acids is 2. The Morgan fingerprint density at radius 1 is 0.360 bits per heavy atom. The van der Waals surface area contributed by atoms with Crippen LogP contribution in [0.25, 0.3) is 0 Å². The predicted octanol–water partition coefficient (Wildman–Crippen LogP) is 24.0. The highest BCUT2D eigenvalue weighted by molar-refractivity contribution is 7.45. The summed E-state index contributed by atoms with van der Waals surface area (Å²) in [6.07, 6.45) is 86.8. The van der Waals surface area contributed by atoms with E-state index >= 15 is 0 Å². The van der Waals surface area contributed by atoms with Crippen LogP contribution in [0.4, 0.5) is 0 Å². The lowest BCUT2D eigenvalue weighted by Crippen LogP contribution is -2.37. The van der Waals surface area contributed by atoms with Gasteiger partial charge in [-0.3, -0.25) is 14.2 Å². The van der Waals surface area contributed by atoms with Crippen molar-refractivity contribution in [2.24, 2.45) is 0 Å². The number of quaternary nitrogens is 1. The van der Waals surface area contributed by atoms with Crippen molar-refractivity contribution in [1.82, 2.24) is 0 Å². The van der Waals surface area contributed by atoms with Crippen molar-refractivity contribution in [3.05, 3.63) is 36.5 Å². The summed E-state index contributed by atoms with van der Waals surface area (Å²) in [6, 6.07) is 0. The first kappa shape index (κ1) is 84.2. The summed E-state index contributed by atoms with van der Waals surface area (Å²) in [5.74, 6) is -0.807. The van der Waals surface area contributed by atoms with E-state index < -0.39 is 26.5 Å². The molecule has 10 heteroatoms. The first-order valence-electron chi connectivity index (χ1n) is 37.7. The Morgan fingerprint density at radius 3 is 0.930 bits per heavy atom. The molecule has 0 aliphatic rings. The van der Waals surface area contributed by atoms with E-state index in [0.29, 0.717) is 17.4 Å². The largest absolute Gasteiger partial charge is 0.756 e. The molecule has 0 aromatic carbocycles. The first-order valence-corrected chi connectivity index (χ1v) is 39.2. The lowest BCUT2D eigenvalue weighted by Gasteiger charge is -2.28. The monoisotopic (exact) mass is 1230 g/mol. The van der Waals surface area contributed by atoms with E-state index in [1.807, 2.05) is 21.1 Å². The van der Waals surface area contributed by atoms with Gasteiger partial charge in [-0.15, -0.1) is 0 Å². The van der Waals surface area contributed by atoms with Crippen LogP contribution in [0.1, 0.15) is 386 Å². The predicted molar refractivity (Wildman–Crippen MR) is 370 cm³/mol. The fourth-order valence-electron chi connectivity index (χ4n) is 11.4. The van der Waals surface area contributed by atoms with Crippen molar-refractivity contribution in [2.75, 3.05) is 47.5 Å². The minimum absolute atomic E-state index is 0.0268. The second-order valence-electron chi connectivity index (χ2n) is 27.0. The summed E-state index contributed by atoms with van der Waals surface area (Å²) in [6.45, 7) is 4.31. The van der Waals surface area contributed by atoms with E-state index in [-0.39, 0.29) is 32.0 Å². The molecular weight excluding hydrogens is 1090 g/mol. The van der Waals surface area contributed by atoms with Crippen LogP contribution < -0.4 is 4.89 Å². The molecular formula is C76H146NO8P. The van der Waals surface area contributed by atoms with Crippen molar-refractivity contribution < 1.29 is 42.1 Å². The molecule has 0 rings (SSSR count). The van der Waals surface area contributed by atoms with Gasteiger partial charge in [0.25, 0.3) is 7.82 Å². The van der Waals surface area contributed by atoms with Gasteiger partial charge in [0.1, 0.15) is 19.8 Å². The average Bonchev–Trinajstić information content (AvgIpc) is 3.56. The van der Waals surface area contributed by atoms with Crippen molar-refractivity contribution in [3.63, 3.8) is 0 Å². The molecule has 0 spiro atoms. The van der Waals surface area contributed by atoms with E-state index in [0.717, 1.165) is 44.9 Å². The highest BCUT2D eigenvalue weighted by atomic mass is 31.2. The Bertz CT molecular complexity index is 1540. The Hall–Kier alpha value is -1.77. The van der Waals surface area contributed by atoms with E-state index in [1.54, 1.807) is 0 Å². The van der Waals surface area contributed by atoms with Crippen LogP contribution in [-0.4, -0.2) is 70.0 Å². The number of allylic oxidation sites excluding steroid dienone is 6. The molecule has 0 bridgehead atoms. The van der Waals surface area contributed by atoms with Crippen LogP contribution in [0.3, 0.4) is 0 Å². The summed E-state index contributed by atoms with van der Waals surface area (Å²) in [7, 11) is 1.19. The summed E-state index contributed by atoms with van der Waals surface area (Å²) < 4.78 is 34.4. The first-order chi connectivity index (χ1) is 42.0. The standard InChI is InChI=1S/C76H146NO8P/c1-6-8-10-12-14-16-18-20-22-24-26-28-30-31-32-33-34-35-36-37-38-39-40-41-42-43-44-45-47-49-51-53-55-57-59-61-63-65-67-69-76(79)85-74(73-84-86(80,81)83-71-70-77(3,4)5)72-82-75(78)68-66-64-62-60-58-56-54-52-50-48-46-29-27-25-23-21-19-17-15-13-11-9-7-2/h18,20,24,26,30-31,74H,6-17,19,21-23,25,27-29,32-73H2,1-5H3/b20-18-,26-24-,31-30-. The van der Waals surface area contributed by atoms with Crippen LogP contribution in [0.15, 0.2) is 36.5 Å². The quantitative estimate of drug-likeness (QED) is 0.0195. The zero-order valence-electron chi connectivity index (χ0n) is 58.0. The number of rotatable bonds is 71. The van der Waals surface area contributed by atoms with Crippen molar-refractivity contribution >= 4 is 19.8 Å². The highest BCUT2D eigenvalue weighted by Crippen LogP contribution is 2.38. The Kier molecular flexibility index (Phi) is 66.2. The maximum atomic E-state index is 12.9. The van der Waals surface area contributed by atoms with Gasteiger partial charge in [0.15, 0.2) is 6.10 Å². The summed E-state index contributed by atoms with van der Waals surface area (Å²) in [5.41, 5.74) is 0. The number of phosphoric ester groups is 1. The molecule has 0 N–H and O–H groups in total.